The maximum atomic E-state index is 5.92. The minimum Gasteiger partial charge on any atom is -0.489 e. The van der Waals surface area contributed by atoms with Crippen LogP contribution >= 0.6 is 0 Å². The van der Waals surface area contributed by atoms with E-state index in [4.69, 9.17) is 9.47 Å². The highest BCUT2D eigenvalue weighted by molar-refractivity contribution is 5.29. The molecule has 1 N–H and O–H groups in total. The van der Waals surface area contributed by atoms with Crippen molar-refractivity contribution in [2.75, 3.05) is 39.4 Å². The number of morpholine rings is 1. The van der Waals surface area contributed by atoms with E-state index in [1.807, 2.05) is 6.07 Å². The lowest BCUT2D eigenvalue weighted by Crippen LogP contribution is -2.40. The Morgan fingerprint density at radius 2 is 1.84 bits per heavy atom. The van der Waals surface area contributed by atoms with Gasteiger partial charge in [-0.25, -0.2) is 0 Å². The van der Waals surface area contributed by atoms with E-state index in [1.165, 1.54) is 16.7 Å². The maximum absolute atomic E-state index is 5.92. The maximum Gasteiger partial charge on any atom is 0.120 e. The van der Waals surface area contributed by atoms with E-state index in [9.17, 15) is 0 Å². The zero-order valence-corrected chi connectivity index (χ0v) is 15.0. The average molecular weight is 340 g/mol. The first-order valence-corrected chi connectivity index (χ1v) is 9.08. The van der Waals surface area contributed by atoms with Gasteiger partial charge in [-0.15, -0.1) is 0 Å². The number of aryl methyl sites for hydroxylation is 1. The fourth-order valence-electron chi connectivity index (χ4n) is 2.89. The first-order chi connectivity index (χ1) is 12.3. The summed E-state index contributed by atoms with van der Waals surface area (Å²) in [5, 5.41) is 3.52. The zero-order valence-electron chi connectivity index (χ0n) is 15.0. The van der Waals surface area contributed by atoms with Crippen LogP contribution in [0.3, 0.4) is 0 Å². The summed E-state index contributed by atoms with van der Waals surface area (Å²) in [6.07, 6.45) is 0. The lowest BCUT2D eigenvalue weighted by molar-refractivity contribution is 0.0384. The van der Waals surface area contributed by atoms with Gasteiger partial charge in [-0.3, -0.25) is 4.90 Å². The Bertz CT molecular complexity index is 637. The molecule has 0 spiro atoms. The molecule has 0 amide bonds. The molecule has 3 rings (SSSR count). The molecule has 0 saturated carbocycles. The Hall–Kier alpha value is -1.88. The number of hydrogen-bond acceptors (Lipinski definition) is 4. The fraction of sp³-hybridized carbons (Fsp3) is 0.429. The summed E-state index contributed by atoms with van der Waals surface area (Å²) in [5.74, 6) is 0.924. The molecule has 0 unspecified atom stereocenters. The zero-order chi connectivity index (χ0) is 17.3. The molecule has 0 radical (unpaired) electrons. The third-order valence-electron chi connectivity index (χ3n) is 4.46. The number of hydrogen-bond donors (Lipinski definition) is 1. The van der Waals surface area contributed by atoms with Crippen LogP contribution in [-0.4, -0.2) is 44.3 Å². The Labute approximate surface area is 150 Å². The molecule has 25 heavy (non-hydrogen) atoms. The summed E-state index contributed by atoms with van der Waals surface area (Å²) in [4.78, 5) is 2.44. The van der Waals surface area contributed by atoms with Crippen molar-refractivity contribution in [1.82, 2.24) is 10.2 Å². The standard InChI is InChI=1S/C21H28N2O2/c1-18-5-7-19(8-6-18)17-25-21-4-2-3-20(15-21)16-22-9-10-23-11-13-24-14-12-23/h2-8,15,22H,9-14,16-17H2,1H3. The second-order valence-corrected chi connectivity index (χ2v) is 6.55. The van der Waals surface area contributed by atoms with E-state index in [2.05, 4.69) is 59.6 Å². The quantitative estimate of drug-likeness (QED) is 0.749. The van der Waals surface area contributed by atoms with Crippen LogP contribution in [0.1, 0.15) is 16.7 Å². The molecule has 2 aromatic carbocycles. The number of nitrogens with one attached hydrogen (secondary N) is 1. The summed E-state index contributed by atoms with van der Waals surface area (Å²) >= 11 is 0. The van der Waals surface area contributed by atoms with Gasteiger partial charge in [0.15, 0.2) is 0 Å². The van der Waals surface area contributed by atoms with Crippen LogP contribution in [-0.2, 0) is 17.9 Å². The second-order valence-electron chi connectivity index (χ2n) is 6.55. The monoisotopic (exact) mass is 340 g/mol. The lowest BCUT2D eigenvalue weighted by Gasteiger charge is -2.26. The van der Waals surface area contributed by atoms with Crippen molar-refractivity contribution < 1.29 is 9.47 Å². The minimum absolute atomic E-state index is 0.605. The van der Waals surface area contributed by atoms with Crippen molar-refractivity contribution in [3.05, 3.63) is 65.2 Å². The van der Waals surface area contributed by atoms with Gasteiger partial charge in [-0.1, -0.05) is 42.0 Å². The molecule has 1 heterocycles. The molecule has 0 atom stereocenters. The van der Waals surface area contributed by atoms with Crippen LogP contribution in [0.5, 0.6) is 5.75 Å². The highest BCUT2D eigenvalue weighted by Gasteiger charge is 2.08. The van der Waals surface area contributed by atoms with Crippen LogP contribution in [0.2, 0.25) is 0 Å². The predicted molar refractivity (Wildman–Crippen MR) is 101 cm³/mol. The van der Waals surface area contributed by atoms with Gasteiger partial charge < -0.3 is 14.8 Å². The normalized spacial score (nSPS) is 15.2. The predicted octanol–water partition coefficient (Wildman–Crippen LogP) is 3.00. The van der Waals surface area contributed by atoms with Crippen LogP contribution in [0.4, 0.5) is 0 Å². The molecule has 1 aliphatic heterocycles. The van der Waals surface area contributed by atoms with Crippen molar-refractivity contribution in [2.45, 2.75) is 20.1 Å². The van der Waals surface area contributed by atoms with E-state index in [0.717, 1.165) is 51.7 Å². The van der Waals surface area contributed by atoms with Crippen molar-refractivity contribution >= 4 is 0 Å². The van der Waals surface area contributed by atoms with Gasteiger partial charge in [0.05, 0.1) is 13.2 Å². The van der Waals surface area contributed by atoms with Crippen molar-refractivity contribution in [2.24, 2.45) is 0 Å². The molecule has 4 nitrogen and oxygen atoms in total. The van der Waals surface area contributed by atoms with Gasteiger partial charge >= 0.3 is 0 Å². The summed E-state index contributed by atoms with van der Waals surface area (Å²) in [6.45, 7) is 9.45. The second kappa shape index (κ2) is 9.56. The van der Waals surface area contributed by atoms with Gasteiger partial charge in [0, 0.05) is 32.7 Å². The topological polar surface area (TPSA) is 33.7 Å². The Morgan fingerprint density at radius 3 is 2.64 bits per heavy atom. The Morgan fingerprint density at radius 1 is 1.04 bits per heavy atom. The Kier molecular flexibility index (Phi) is 6.86. The van der Waals surface area contributed by atoms with E-state index < -0.39 is 0 Å². The smallest absolute Gasteiger partial charge is 0.120 e. The van der Waals surface area contributed by atoms with Crippen LogP contribution in [0.25, 0.3) is 0 Å². The van der Waals surface area contributed by atoms with E-state index in [1.54, 1.807) is 0 Å². The first-order valence-electron chi connectivity index (χ1n) is 9.08. The lowest BCUT2D eigenvalue weighted by atomic mass is 10.2. The third-order valence-corrected chi connectivity index (χ3v) is 4.46. The number of ether oxygens (including phenoxy) is 2. The molecule has 0 aromatic heterocycles. The van der Waals surface area contributed by atoms with Crippen molar-refractivity contribution in [3.63, 3.8) is 0 Å². The summed E-state index contributed by atoms with van der Waals surface area (Å²) in [7, 11) is 0. The number of rotatable bonds is 8. The molecule has 0 bridgehead atoms. The molecule has 0 aliphatic carbocycles. The molecule has 134 valence electrons. The van der Waals surface area contributed by atoms with Gasteiger partial charge in [0.25, 0.3) is 0 Å². The van der Waals surface area contributed by atoms with E-state index >= 15 is 0 Å². The number of benzene rings is 2. The first kappa shape index (κ1) is 17.9. The molecule has 1 fully saturated rings. The highest BCUT2D eigenvalue weighted by atomic mass is 16.5. The minimum atomic E-state index is 0.605. The highest BCUT2D eigenvalue weighted by Crippen LogP contribution is 2.15. The van der Waals surface area contributed by atoms with Crippen molar-refractivity contribution in [3.8, 4) is 5.75 Å². The van der Waals surface area contributed by atoms with E-state index in [0.29, 0.717) is 6.61 Å². The molecule has 2 aromatic rings. The molecular weight excluding hydrogens is 312 g/mol. The fourth-order valence-corrected chi connectivity index (χ4v) is 2.89. The van der Waals surface area contributed by atoms with Crippen molar-refractivity contribution in [1.29, 1.82) is 0 Å². The molecular formula is C21H28N2O2. The SMILES string of the molecule is Cc1ccc(COc2cccc(CNCCN3CCOCC3)c2)cc1. The molecule has 1 aliphatic rings. The van der Waals surface area contributed by atoms with Gasteiger partial charge in [0.2, 0.25) is 0 Å². The van der Waals surface area contributed by atoms with Crippen LogP contribution in [0, 0.1) is 6.92 Å². The van der Waals surface area contributed by atoms with Crippen LogP contribution in [0.15, 0.2) is 48.5 Å². The van der Waals surface area contributed by atoms with Crippen LogP contribution < -0.4 is 10.1 Å². The molecule has 4 heteroatoms. The average Bonchev–Trinajstić information content (AvgIpc) is 2.66. The number of nitrogens with zero attached hydrogens (tertiary/aromatic N) is 1. The Balaban J connectivity index is 1.40. The summed E-state index contributed by atoms with van der Waals surface area (Å²) in [5.41, 5.74) is 3.72. The third kappa shape index (κ3) is 6.16. The summed E-state index contributed by atoms with van der Waals surface area (Å²) in [6, 6.07) is 16.8. The largest absolute Gasteiger partial charge is 0.489 e. The summed E-state index contributed by atoms with van der Waals surface area (Å²) < 4.78 is 11.3. The molecule has 1 saturated heterocycles. The van der Waals surface area contributed by atoms with Gasteiger partial charge in [0.1, 0.15) is 12.4 Å². The van der Waals surface area contributed by atoms with E-state index in [-0.39, 0.29) is 0 Å². The van der Waals surface area contributed by atoms with Gasteiger partial charge in [-0.05, 0) is 30.2 Å². The van der Waals surface area contributed by atoms with Gasteiger partial charge in [-0.2, -0.15) is 0 Å².